The minimum atomic E-state index is 0.203. The molecule has 3 heterocycles. The van der Waals surface area contributed by atoms with Gasteiger partial charge in [-0.05, 0) is 31.7 Å². The summed E-state index contributed by atoms with van der Waals surface area (Å²) in [5, 5.41) is 6.55. The Hall–Kier alpha value is -2.45. The smallest absolute Gasteiger partial charge is 0.182 e. The predicted octanol–water partition coefficient (Wildman–Crippen LogP) is 3.73. The molecule has 8 heteroatoms. The molecule has 7 nitrogen and oxygen atoms in total. The summed E-state index contributed by atoms with van der Waals surface area (Å²) in [5.41, 5.74) is 2.86. The number of nitrogens with zero attached hydrogens (tertiary/aromatic N) is 4. The van der Waals surface area contributed by atoms with Gasteiger partial charge in [-0.25, -0.2) is 9.97 Å². The van der Waals surface area contributed by atoms with Crippen molar-refractivity contribution in [2.24, 2.45) is 0 Å². The van der Waals surface area contributed by atoms with Crippen LogP contribution in [0.4, 0.5) is 10.8 Å². The highest BCUT2D eigenvalue weighted by atomic mass is 32.1. The summed E-state index contributed by atoms with van der Waals surface area (Å²) in [6.07, 6.45) is 9.72. The van der Waals surface area contributed by atoms with E-state index in [0.717, 1.165) is 79.6 Å². The first-order chi connectivity index (χ1) is 14.3. The Morgan fingerprint density at radius 2 is 1.83 bits per heavy atom. The molecular formula is C21H25N5O2S. The second-order valence-electron chi connectivity index (χ2n) is 7.54. The van der Waals surface area contributed by atoms with Gasteiger partial charge in [-0.1, -0.05) is 0 Å². The van der Waals surface area contributed by atoms with Gasteiger partial charge < -0.3 is 19.7 Å². The molecule has 0 bridgehead atoms. The third kappa shape index (κ3) is 4.28. The maximum Gasteiger partial charge on any atom is 0.182 e. The maximum atomic E-state index is 6.48. The van der Waals surface area contributed by atoms with Crippen molar-refractivity contribution in [3.05, 3.63) is 36.1 Å². The summed E-state index contributed by atoms with van der Waals surface area (Å²) in [7, 11) is 0. The number of anilines is 2. The van der Waals surface area contributed by atoms with E-state index >= 15 is 0 Å². The maximum absolute atomic E-state index is 6.48. The monoisotopic (exact) mass is 411 g/mol. The number of thiazole rings is 1. The molecule has 0 amide bonds. The Bertz CT molecular complexity index is 937. The molecule has 29 heavy (non-hydrogen) atoms. The zero-order valence-corrected chi connectivity index (χ0v) is 17.1. The molecule has 0 radical (unpaired) electrons. The number of fused-ring (bicyclic) bond motifs is 1. The van der Waals surface area contributed by atoms with Crippen LogP contribution in [-0.4, -0.2) is 53.4 Å². The molecule has 2 fully saturated rings. The van der Waals surface area contributed by atoms with Crippen LogP contribution in [0.3, 0.4) is 0 Å². The third-order valence-corrected chi connectivity index (χ3v) is 6.33. The lowest BCUT2D eigenvalue weighted by molar-refractivity contribution is 0.122. The molecule has 0 unspecified atom stereocenters. The van der Waals surface area contributed by atoms with Crippen molar-refractivity contribution in [2.75, 3.05) is 36.5 Å². The molecule has 1 aliphatic heterocycles. The highest BCUT2D eigenvalue weighted by molar-refractivity contribution is 7.13. The van der Waals surface area contributed by atoms with Gasteiger partial charge in [0.2, 0.25) is 0 Å². The van der Waals surface area contributed by atoms with E-state index in [2.05, 4.69) is 37.3 Å². The number of benzene rings is 1. The largest absolute Gasteiger partial charge is 0.488 e. The topological polar surface area (TPSA) is 72.4 Å². The van der Waals surface area contributed by atoms with E-state index in [0.29, 0.717) is 6.04 Å². The Balaban J connectivity index is 1.30. The number of ether oxygens (including phenoxy) is 2. The summed E-state index contributed by atoms with van der Waals surface area (Å²) in [4.78, 5) is 15.7. The van der Waals surface area contributed by atoms with Gasteiger partial charge in [-0.3, -0.25) is 4.98 Å². The lowest BCUT2D eigenvalue weighted by Crippen LogP contribution is -2.36. The lowest BCUT2D eigenvalue weighted by Gasteiger charge is -2.31. The van der Waals surface area contributed by atoms with Crippen LogP contribution in [-0.2, 0) is 4.74 Å². The Kier molecular flexibility index (Phi) is 5.45. The van der Waals surface area contributed by atoms with E-state index < -0.39 is 0 Å². The molecule has 2 aliphatic rings. The second-order valence-corrected chi connectivity index (χ2v) is 8.44. The lowest BCUT2D eigenvalue weighted by atomic mass is 9.93. The van der Waals surface area contributed by atoms with E-state index in [9.17, 15) is 0 Å². The first kappa shape index (κ1) is 18.6. The van der Waals surface area contributed by atoms with Crippen LogP contribution < -0.4 is 15.0 Å². The molecular weight excluding hydrogens is 386 g/mol. The van der Waals surface area contributed by atoms with E-state index in [1.54, 1.807) is 23.7 Å². The van der Waals surface area contributed by atoms with Crippen molar-refractivity contribution in [1.29, 1.82) is 0 Å². The zero-order chi connectivity index (χ0) is 19.5. The molecule has 2 aromatic heterocycles. The average molecular weight is 412 g/mol. The van der Waals surface area contributed by atoms with Gasteiger partial charge >= 0.3 is 0 Å². The van der Waals surface area contributed by atoms with E-state index in [-0.39, 0.29) is 6.10 Å². The highest BCUT2D eigenvalue weighted by Gasteiger charge is 2.24. The average Bonchev–Trinajstić information content (AvgIpc) is 3.29. The summed E-state index contributed by atoms with van der Waals surface area (Å²) in [6.45, 7) is 3.28. The van der Waals surface area contributed by atoms with Crippen LogP contribution in [0.5, 0.6) is 5.75 Å². The summed E-state index contributed by atoms with van der Waals surface area (Å²) in [5.74, 6) is 0.841. The third-order valence-electron chi connectivity index (χ3n) is 5.63. The highest BCUT2D eigenvalue weighted by Crippen LogP contribution is 2.33. The number of hydrogen-bond donors (Lipinski definition) is 1. The van der Waals surface area contributed by atoms with Crippen molar-refractivity contribution < 1.29 is 9.47 Å². The van der Waals surface area contributed by atoms with Gasteiger partial charge in [0.15, 0.2) is 5.13 Å². The molecule has 3 aromatic rings. The van der Waals surface area contributed by atoms with Crippen LogP contribution in [0.15, 0.2) is 36.1 Å². The molecule has 1 aliphatic carbocycles. The van der Waals surface area contributed by atoms with Gasteiger partial charge in [-0.15, -0.1) is 11.3 Å². The Morgan fingerprint density at radius 1 is 1.00 bits per heavy atom. The first-order valence-electron chi connectivity index (χ1n) is 10.3. The van der Waals surface area contributed by atoms with Crippen LogP contribution in [0.1, 0.15) is 25.7 Å². The van der Waals surface area contributed by atoms with Gasteiger partial charge in [0.05, 0.1) is 24.8 Å². The minimum Gasteiger partial charge on any atom is -0.488 e. The molecule has 1 saturated heterocycles. The second kappa shape index (κ2) is 8.51. The molecule has 1 saturated carbocycles. The number of morpholine rings is 1. The van der Waals surface area contributed by atoms with E-state index in [1.165, 1.54) is 0 Å². The standard InChI is InChI=1S/C21H25N5O2S/c1-3-17(4-2-15(1)25-21-24-7-12-29-21)28-19-14-16(26-8-10-27-11-9-26)13-18-20(19)23-6-5-22-18/h5-7,12-15,17H,1-4,8-11H2,(H,24,25)/t15-,17+. The molecule has 1 N–H and O–H groups in total. The number of hydrogen-bond acceptors (Lipinski definition) is 8. The molecule has 152 valence electrons. The van der Waals surface area contributed by atoms with Crippen molar-refractivity contribution in [1.82, 2.24) is 15.0 Å². The van der Waals surface area contributed by atoms with Crippen molar-refractivity contribution >= 4 is 33.2 Å². The van der Waals surface area contributed by atoms with Gasteiger partial charge in [0.1, 0.15) is 11.3 Å². The van der Waals surface area contributed by atoms with Crippen LogP contribution in [0, 0.1) is 0 Å². The molecule has 0 atom stereocenters. The fourth-order valence-electron chi connectivity index (χ4n) is 4.10. The molecule has 0 spiro atoms. The van der Waals surface area contributed by atoms with Gasteiger partial charge in [0, 0.05) is 54.9 Å². The number of nitrogens with one attached hydrogen (secondary N) is 1. The zero-order valence-electron chi connectivity index (χ0n) is 16.3. The van der Waals surface area contributed by atoms with Crippen molar-refractivity contribution in [3.63, 3.8) is 0 Å². The van der Waals surface area contributed by atoms with Crippen LogP contribution in [0.25, 0.3) is 11.0 Å². The van der Waals surface area contributed by atoms with Crippen LogP contribution >= 0.6 is 11.3 Å². The molecule has 5 rings (SSSR count). The van der Waals surface area contributed by atoms with Gasteiger partial charge in [-0.2, -0.15) is 0 Å². The fraction of sp³-hybridized carbons (Fsp3) is 0.476. The normalized spacial score (nSPS) is 22.6. The Labute approximate surface area is 174 Å². The van der Waals surface area contributed by atoms with Crippen LogP contribution in [0.2, 0.25) is 0 Å². The minimum absolute atomic E-state index is 0.203. The number of rotatable bonds is 5. The SMILES string of the molecule is c1csc(N[C@H]2CC[C@@H](Oc3cc(N4CCOCC4)cc4nccnc34)CC2)n1. The fourth-order valence-corrected chi connectivity index (χ4v) is 4.70. The Morgan fingerprint density at radius 3 is 2.62 bits per heavy atom. The van der Waals surface area contributed by atoms with Gasteiger partial charge in [0.25, 0.3) is 0 Å². The number of aromatic nitrogens is 3. The van der Waals surface area contributed by atoms with Crippen molar-refractivity contribution in [2.45, 2.75) is 37.8 Å². The quantitative estimate of drug-likeness (QED) is 0.686. The molecule has 1 aromatic carbocycles. The van der Waals surface area contributed by atoms with E-state index in [1.807, 2.05) is 11.6 Å². The summed E-state index contributed by atoms with van der Waals surface area (Å²) >= 11 is 1.65. The summed E-state index contributed by atoms with van der Waals surface area (Å²) in [6, 6.07) is 4.70. The first-order valence-corrected chi connectivity index (χ1v) is 11.1. The van der Waals surface area contributed by atoms with E-state index in [4.69, 9.17) is 9.47 Å². The predicted molar refractivity (Wildman–Crippen MR) is 115 cm³/mol. The van der Waals surface area contributed by atoms with Crippen molar-refractivity contribution in [3.8, 4) is 5.75 Å². The summed E-state index contributed by atoms with van der Waals surface area (Å²) < 4.78 is 12.0.